The van der Waals surface area contributed by atoms with E-state index in [1.165, 1.54) is 0 Å². The predicted molar refractivity (Wildman–Crippen MR) is 35.0 cm³/mol. The van der Waals surface area contributed by atoms with E-state index in [1.807, 2.05) is 0 Å². The van der Waals surface area contributed by atoms with Crippen LogP contribution in [-0.2, 0) is 4.57 Å². The molecule has 0 radical (unpaired) electrons. The first-order valence-electron chi connectivity index (χ1n) is 0.752. The maximum atomic E-state index is 9.09. The van der Waals surface area contributed by atoms with E-state index in [-0.39, 0.29) is 60.8 Å². The predicted octanol–water partition coefficient (Wildman–Crippen LogP) is -1.51. The molecule has 0 amide bonds. The zero-order valence-electron chi connectivity index (χ0n) is 2.13. The molecule has 3 nitrogen and oxygen atoms in total. The van der Waals surface area contributed by atoms with Gasteiger partial charge in [0.05, 0.1) is 0 Å². The SMILES string of the molecule is O=P(O)(O)Cl.[CaH2].[MgH2]. The van der Waals surface area contributed by atoms with Gasteiger partial charge in [0, 0.05) is 11.2 Å². The van der Waals surface area contributed by atoms with Crippen LogP contribution in [0.25, 0.3) is 0 Å². The summed E-state index contributed by atoms with van der Waals surface area (Å²) in [6.45, 7) is -4.17. The number of hydrogen-bond acceptors (Lipinski definition) is 1. The van der Waals surface area contributed by atoms with E-state index in [1.54, 1.807) is 0 Å². The van der Waals surface area contributed by atoms with E-state index in [9.17, 15) is 0 Å². The van der Waals surface area contributed by atoms with Crippen LogP contribution in [0.1, 0.15) is 0 Å². The fraction of sp³-hybridized carbons (Fsp3) is 0. The van der Waals surface area contributed by atoms with Gasteiger partial charge < -0.3 is 9.79 Å². The van der Waals surface area contributed by atoms with E-state index in [0.717, 1.165) is 0 Å². The second-order valence-electron chi connectivity index (χ2n) is 0.473. The standard InChI is InChI=1S/Ca.ClH2O3P.Mg.4H/c;1-5(2,3)4;;;;;/h;(H2,2,3,4);;;;;. The average Bonchev–Trinajstić information content (AvgIpc) is 0.722. The molecule has 0 heterocycles. The van der Waals surface area contributed by atoms with Crippen LogP contribution in [0.15, 0.2) is 0 Å². The summed E-state index contributed by atoms with van der Waals surface area (Å²) in [7, 11) is 0. The molecule has 2 N–H and O–H groups in total. The van der Waals surface area contributed by atoms with Crippen LogP contribution in [0, 0.1) is 0 Å². The molecule has 0 aromatic rings. The topological polar surface area (TPSA) is 57.5 Å². The van der Waals surface area contributed by atoms with Gasteiger partial charge in [0.15, 0.2) is 0 Å². The third-order valence-electron chi connectivity index (χ3n) is 0. The van der Waals surface area contributed by atoms with Crippen LogP contribution < -0.4 is 0 Å². The van der Waals surface area contributed by atoms with Gasteiger partial charge in [-0.05, 0) is 0 Å². The molecule has 0 rings (SSSR count). The van der Waals surface area contributed by atoms with E-state index in [4.69, 9.17) is 14.4 Å². The molecule has 7 heavy (non-hydrogen) atoms. The quantitative estimate of drug-likeness (QED) is 0.356. The first-order chi connectivity index (χ1) is 2.00. The molecule has 40 valence electrons. The molecule has 0 saturated heterocycles. The minimum Gasteiger partial charge on any atom is 0.316 e. The summed E-state index contributed by atoms with van der Waals surface area (Å²) in [4.78, 5) is 14.8. The molecule has 0 saturated carbocycles. The molecule has 7 heteroatoms. The van der Waals surface area contributed by atoms with Crippen molar-refractivity contribution in [2.45, 2.75) is 0 Å². The van der Waals surface area contributed by atoms with Crippen molar-refractivity contribution in [1.82, 2.24) is 0 Å². The summed E-state index contributed by atoms with van der Waals surface area (Å²) in [5.41, 5.74) is 0. The Bertz CT molecular complexity index is 61.1. The van der Waals surface area contributed by atoms with Gasteiger partial charge in [0.25, 0.3) is 0 Å². The summed E-state index contributed by atoms with van der Waals surface area (Å²) < 4.78 is 9.09. The molecule has 0 aliphatic carbocycles. The number of rotatable bonds is 0. The van der Waals surface area contributed by atoms with Crippen LogP contribution >= 0.6 is 18.2 Å². The van der Waals surface area contributed by atoms with E-state index >= 15 is 0 Å². The number of halogens is 1. The van der Waals surface area contributed by atoms with Crippen molar-refractivity contribution < 1.29 is 14.4 Å². The van der Waals surface area contributed by atoms with Gasteiger partial charge in [-0.2, -0.15) is 0 Å². The van der Waals surface area contributed by atoms with Crippen molar-refractivity contribution in [1.29, 1.82) is 0 Å². The van der Waals surface area contributed by atoms with Gasteiger partial charge in [0.2, 0.25) is 0 Å². The second kappa shape index (κ2) is 6.58. The molecule has 0 atom stereocenters. The van der Waals surface area contributed by atoms with Gasteiger partial charge >= 0.3 is 67.7 Å². The Morgan fingerprint density at radius 2 is 1.43 bits per heavy atom. The zero-order chi connectivity index (χ0) is 4.50. The first-order valence-corrected chi connectivity index (χ1v) is 3.27. The third kappa shape index (κ3) is 58.2. The molecule has 0 aliphatic rings. The van der Waals surface area contributed by atoms with Crippen molar-refractivity contribution >= 4 is 79.0 Å². The Kier molecular flexibility index (Phi) is 15.3. The summed E-state index contributed by atoms with van der Waals surface area (Å²) in [5.74, 6) is 0. The Morgan fingerprint density at radius 3 is 1.43 bits per heavy atom. The third-order valence-corrected chi connectivity index (χ3v) is 0. The second-order valence-corrected chi connectivity index (χ2v) is 2.74. The van der Waals surface area contributed by atoms with Gasteiger partial charge in [-0.25, -0.2) is 4.57 Å². The minimum atomic E-state index is -4.17. The summed E-state index contributed by atoms with van der Waals surface area (Å²) in [6, 6.07) is 0. The molecule has 0 bridgehead atoms. The molecular weight excluding hydrogens is 179 g/mol. The van der Waals surface area contributed by atoms with Crippen LogP contribution in [0.4, 0.5) is 0 Å². The maximum absolute atomic E-state index is 9.09. The zero-order valence-corrected chi connectivity index (χ0v) is 3.78. The van der Waals surface area contributed by atoms with E-state index in [2.05, 4.69) is 11.2 Å². The molecule has 0 unspecified atom stereocenters. The Labute approximate surface area is 91.9 Å². The van der Waals surface area contributed by atoms with Crippen molar-refractivity contribution in [3.8, 4) is 0 Å². The molecule has 0 fully saturated rings. The Hall–Kier alpha value is 2.47. The van der Waals surface area contributed by atoms with E-state index < -0.39 is 6.95 Å². The minimum absolute atomic E-state index is 0. The monoisotopic (exact) mass is 184 g/mol. The first kappa shape index (κ1) is 16.2. The molecule has 0 spiro atoms. The van der Waals surface area contributed by atoms with Gasteiger partial charge in [-0.15, -0.1) is 0 Å². The van der Waals surface area contributed by atoms with Crippen molar-refractivity contribution in [3.63, 3.8) is 0 Å². The Morgan fingerprint density at radius 1 is 1.43 bits per heavy atom. The van der Waals surface area contributed by atoms with Crippen molar-refractivity contribution in [2.75, 3.05) is 0 Å². The van der Waals surface area contributed by atoms with E-state index in [0.29, 0.717) is 0 Å². The summed E-state index contributed by atoms with van der Waals surface area (Å²) in [6.07, 6.45) is 0. The van der Waals surface area contributed by atoms with Crippen molar-refractivity contribution in [3.05, 3.63) is 0 Å². The smallest absolute Gasteiger partial charge is 0.316 e. The van der Waals surface area contributed by atoms with Crippen LogP contribution in [-0.4, -0.2) is 70.6 Å². The molecular formula is H6CaClMgO3P. The maximum Gasteiger partial charge on any atom is 0.316 e. The molecule has 0 aliphatic heterocycles. The normalized spacial score (nSPS) is 8.43. The summed E-state index contributed by atoms with van der Waals surface area (Å²) in [5, 5.41) is 0. The van der Waals surface area contributed by atoms with Gasteiger partial charge in [-0.3, -0.25) is 0 Å². The fourth-order valence-electron chi connectivity index (χ4n) is 0. The fourth-order valence-corrected chi connectivity index (χ4v) is 0. The van der Waals surface area contributed by atoms with Crippen molar-refractivity contribution in [2.24, 2.45) is 0 Å². The largest absolute Gasteiger partial charge is 0.316 e. The van der Waals surface area contributed by atoms with Gasteiger partial charge in [-0.1, -0.05) is 0 Å². The average molecular weight is 185 g/mol. The summed E-state index contributed by atoms with van der Waals surface area (Å²) >= 11 is 4.20. The Balaban J connectivity index is -0.0000000800. The van der Waals surface area contributed by atoms with Crippen LogP contribution in [0.5, 0.6) is 0 Å². The van der Waals surface area contributed by atoms with Gasteiger partial charge in [0.1, 0.15) is 0 Å². The van der Waals surface area contributed by atoms with Crippen LogP contribution in [0.2, 0.25) is 0 Å². The number of hydrogen-bond donors (Lipinski definition) is 2. The molecule has 0 aromatic heterocycles. The van der Waals surface area contributed by atoms with Crippen LogP contribution in [0.3, 0.4) is 0 Å². The molecule has 0 aromatic carbocycles.